The maximum Gasteiger partial charge on any atom is 0.239 e. The molecule has 2 rings (SSSR count). The highest BCUT2D eigenvalue weighted by Crippen LogP contribution is 2.18. The van der Waals surface area contributed by atoms with E-state index in [2.05, 4.69) is 10.6 Å². The molecule has 0 aliphatic rings. The predicted molar refractivity (Wildman–Crippen MR) is 77.8 cm³/mol. The minimum absolute atomic E-state index is 0.122. The number of carbonyl (C=O) groups is 1. The van der Waals surface area contributed by atoms with Gasteiger partial charge < -0.3 is 10.6 Å². The number of nitrogens with one attached hydrogen (secondary N) is 2. The van der Waals surface area contributed by atoms with Gasteiger partial charge in [0, 0.05) is 11.6 Å². The van der Waals surface area contributed by atoms with Crippen molar-refractivity contribution in [2.75, 3.05) is 11.9 Å². The molecule has 1 unspecified atom stereocenters. The molecule has 7 heteroatoms. The number of carbonyl (C=O) groups excluding carboxylic acids is 1. The third-order valence-corrected chi connectivity index (χ3v) is 3.17. The van der Waals surface area contributed by atoms with Crippen molar-refractivity contribution < 1.29 is 22.4 Å². The van der Waals surface area contributed by atoms with E-state index in [1.54, 1.807) is 0 Å². The van der Waals surface area contributed by atoms with Crippen LogP contribution in [0.3, 0.4) is 0 Å². The van der Waals surface area contributed by atoms with Crippen molar-refractivity contribution in [3.63, 3.8) is 0 Å². The van der Waals surface area contributed by atoms with Gasteiger partial charge in [-0.1, -0.05) is 6.07 Å². The zero-order valence-electron chi connectivity index (χ0n) is 12.2. The van der Waals surface area contributed by atoms with Gasteiger partial charge in [-0.3, -0.25) is 4.79 Å². The summed E-state index contributed by atoms with van der Waals surface area (Å²) in [5.41, 5.74) is -0.0301. The van der Waals surface area contributed by atoms with E-state index in [0.29, 0.717) is 0 Å². The summed E-state index contributed by atoms with van der Waals surface area (Å²) >= 11 is 0. The molecule has 0 fully saturated rings. The van der Waals surface area contributed by atoms with Crippen LogP contribution in [-0.2, 0) is 4.79 Å². The Balaban J connectivity index is 1.95. The molecule has 122 valence electrons. The van der Waals surface area contributed by atoms with E-state index >= 15 is 0 Å². The van der Waals surface area contributed by atoms with Crippen LogP contribution in [0.5, 0.6) is 0 Å². The van der Waals surface area contributed by atoms with Crippen molar-refractivity contribution in [1.29, 1.82) is 0 Å². The summed E-state index contributed by atoms with van der Waals surface area (Å²) < 4.78 is 52.8. The Hall–Kier alpha value is -2.57. The fourth-order valence-corrected chi connectivity index (χ4v) is 2.03. The Morgan fingerprint density at radius 1 is 1.00 bits per heavy atom. The van der Waals surface area contributed by atoms with Gasteiger partial charge >= 0.3 is 0 Å². The zero-order chi connectivity index (χ0) is 17.0. The van der Waals surface area contributed by atoms with Crippen LogP contribution in [0.2, 0.25) is 0 Å². The Labute approximate surface area is 130 Å². The van der Waals surface area contributed by atoms with Crippen molar-refractivity contribution in [2.24, 2.45) is 0 Å². The molecule has 23 heavy (non-hydrogen) atoms. The van der Waals surface area contributed by atoms with Crippen LogP contribution in [0.4, 0.5) is 23.2 Å². The first-order chi connectivity index (χ1) is 10.9. The molecule has 1 atom stereocenters. The second kappa shape index (κ2) is 7.13. The van der Waals surface area contributed by atoms with Gasteiger partial charge in [0.05, 0.1) is 18.3 Å². The molecular weight excluding hydrogens is 312 g/mol. The molecule has 0 aliphatic heterocycles. The smallest absolute Gasteiger partial charge is 0.239 e. The topological polar surface area (TPSA) is 41.1 Å². The van der Waals surface area contributed by atoms with Gasteiger partial charge in [0.1, 0.15) is 23.3 Å². The molecule has 2 aromatic carbocycles. The summed E-state index contributed by atoms with van der Waals surface area (Å²) in [6.45, 7) is 1.20. The highest BCUT2D eigenvalue weighted by molar-refractivity contribution is 5.81. The first-order valence-electron chi connectivity index (χ1n) is 6.80. The molecule has 0 aromatic heterocycles. The number of amides is 1. The average Bonchev–Trinajstić information content (AvgIpc) is 2.48. The van der Waals surface area contributed by atoms with Gasteiger partial charge in [0.15, 0.2) is 0 Å². The number of benzene rings is 2. The lowest BCUT2D eigenvalue weighted by molar-refractivity contribution is -0.120. The Kier molecular flexibility index (Phi) is 5.20. The van der Waals surface area contributed by atoms with Crippen LogP contribution >= 0.6 is 0 Å². The molecule has 3 nitrogen and oxygen atoms in total. The minimum Gasteiger partial charge on any atom is -0.374 e. The lowest BCUT2D eigenvalue weighted by Gasteiger charge is -2.16. The van der Waals surface area contributed by atoms with Crippen molar-refractivity contribution in [3.05, 3.63) is 65.2 Å². The van der Waals surface area contributed by atoms with E-state index < -0.39 is 35.2 Å². The van der Waals surface area contributed by atoms with Gasteiger partial charge in [-0.2, -0.15) is 0 Å². The molecule has 0 spiro atoms. The minimum atomic E-state index is -0.776. The summed E-state index contributed by atoms with van der Waals surface area (Å²) in [5, 5.41) is 4.93. The third kappa shape index (κ3) is 4.45. The standard InChI is InChI=1S/C16H14F4N2O/c1-9(12-4-2-10(17)6-14(12)20)22-16(23)8-21-15-7-11(18)3-5-13(15)19/h2-7,9,21H,8H2,1H3,(H,22,23). The van der Waals surface area contributed by atoms with Crippen LogP contribution in [0.1, 0.15) is 18.5 Å². The maximum absolute atomic E-state index is 13.6. The fraction of sp³-hybridized carbons (Fsp3) is 0.188. The second-order valence-corrected chi connectivity index (χ2v) is 4.93. The lowest BCUT2D eigenvalue weighted by Crippen LogP contribution is -2.32. The van der Waals surface area contributed by atoms with E-state index in [4.69, 9.17) is 0 Å². The molecule has 0 radical (unpaired) electrons. The molecule has 2 N–H and O–H groups in total. The zero-order valence-corrected chi connectivity index (χ0v) is 12.2. The van der Waals surface area contributed by atoms with E-state index in [-0.39, 0.29) is 17.8 Å². The Morgan fingerprint density at radius 3 is 2.35 bits per heavy atom. The van der Waals surface area contributed by atoms with Crippen LogP contribution in [0.25, 0.3) is 0 Å². The van der Waals surface area contributed by atoms with Gasteiger partial charge in [-0.25, -0.2) is 17.6 Å². The summed E-state index contributed by atoms with van der Waals surface area (Å²) in [7, 11) is 0. The van der Waals surface area contributed by atoms with Crippen LogP contribution in [-0.4, -0.2) is 12.5 Å². The first kappa shape index (κ1) is 16.8. The number of rotatable bonds is 5. The summed E-state index contributed by atoms with van der Waals surface area (Å²) in [5.74, 6) is -3.38. The van der Waals surface area contributed by atoms with Crippen molar-refractivity contribution in [1.82, 2.24) is 5.32 Å². The highest BCUT2D eigenvalue weighted by Gasteiger charge is 2.14. The predicted octanol–water partition coefficient (Wildman–Crippen LogP) is 3.53. The number of hydrogen-bond acceptors (Lipinski definition) is 2. The van der Waals surface area contributed by atoms with Crippen LogP contribution < -0.4 is 10.6 Å². The van der Waals surface area contributed by atoms with Gasteiger partial charge in [-0.05, 0) is 31.2 Å². The molecule has 0 aliphatic carbocycles. The average molecular weight is 326 g/mol. The van der Waals surface area contributed by atoms with E-state index in [1.807, 2.05) is 0 Å². The molecule has 1 amide bonds. The molecule has 0 saturated carbocycles. The summed E-state index contributed by atoms with van der Waals surface area (Å²) in [6.07, 6.45) is 0. The van der Waals surface area contributed by atoms with Crippen molar-refractivity contribution >= 4 is 11.6 Å². The Morgan fingerprint density at radius 2 is 1.65 bits per heavy atom. The first-order valence-corrected chi connectivity index (χ1v) is 6.80. The third-order valence-electron chi connectivity index (χ3n) is 3.17. The normalized spacial score (nSPS) is 11.9. The van der Waals surface area contributed by atoms with Crippen molar-refractivity contribution in [2.45, 2.75) is 13.0 Å². The van der Waals surface area contributed by atoms with E-state index in [9.17, 15) is 22.4 Å². The summed E-state index contributed by atoms with van der Waals surface area (Å²) in [4.78, 5) is 11.8. The Bertz CT molecular complexity index is 721. The SMILES string of the molecule is CC(NC(=O)CNc1cc(F)ccc1F)c1ccc(F)cc1F. The van der Waals surface area contributed by atoms with Gasteiger partial charge in [0.25, 0.3) is 0 Å². The largest absolute Gasteiger partial charge is 0.374 e. The molecule has 0 heterocycles. The quantitative estimate of drug-likeness (QED) is 0.825. The fourth-order valence-electron chi connectivity index (χ4n) is 2.03. The molecule has 0 bridgehead atoms. The molecule has 2 aromatic rings. The highest BCUT2D eigenvalue weighted by atomic mass is 19.1. The monoisotopic (exact) mass is 326 g/mol. The maximum atomic E-state index is 13.6. The van der Waals surface area contributed by atoms with E-state index in [1.165, 1.54) is 13.0 Å². The van der Waals surface area contributed by atoms with Crippen molar-refractivity contribution in [3.8, 4) is 0 Å². The number of hydrogen-bond donors (Lipinski definition) is 2. The lowest BCUT2D eigenvalue weighted by atomic mass is 10.1. The summed E-state index contributed by atoms with van der Waals surface area (Å²) in [6, 6.07) is 5.15. The van der Waals surface area contributed by atoms with E-state index in [0.717, 1.165) is 30.3 Å². The molecular formula is C16H14F4N2O. The number of anilines is 1. The van der Waals surface area contributed by atoms with Gasteiger partial charge in [0.2, 0.25) is 5.91 Å². The molecule has 0 saturated heterocycles. The van der Waals surface area contributed by atoms with Crippen LogP contribution in [0.15, 0.2) is 36.4 Å². The number of halogens is 4. The van der Waals surface area contributed by atoms with Crippen LogP contribution in [0, 0.1) is 23.3 Å². The second-order valence-electron chi connectivity index (χ2n) is 4.93. The van der Waals surface area contributed by atoms with Gasteiger partial charge in [-0.15, -0.1) is 0 Å².